The van der Waals surface area contributed by atoms with E-state index in [0.717, 1.165) is 4.90 Å². The smallest absolute Gasteiger partial charge is 0.364 e. The van der Waals surface area contributed by atoms with E-state index in [1.165, 1.54) is 28.3 Å². The van der Waals surface area contributed by atoms with Crippen LogP contribution in [0.4, 0.5) is 0 Å². The van der Waals surface area contributed by atoms with Gasteiger partial charge in [0.1, 0.15) is 6.04 Å². The number of hydroxylamine groups is 2. The number of amides is 2. The number of esters is 2. The molecule has 1 aliphatic rings. The van der Waals surface area contributed by atoms with E-state index in [2.05, 4.69) is 14.3 Å². The molecule has 0 aromatic carbocycles. The highest BCUT2D eigenvalue weighted by Crippen LogP contribution is 2.24. The van der Waals surface area contributed by atoms with Crippen molar-refractivity contribution in [3.8, 4) is 0 Å². The Balaban J connectivity index is 0.000000770. The Hall–Kier alpha value is -3.59. The van der Waals surface area contributed by atoms with Gasteiger partial charge in [-0.15, -0.1) is 5.06 Å². The second-order valence-corrected chi connectivity index (χ2v) is 7.16. The predicted molar refractivity (Wildman–Crippen MR) is 109 cm³/mol. The van der Waals surface area contributed by atoms with Crippen LogP contribution in [0.3, 0.4) is 0 Å². The van der Waals surface area contributed by atoms with Crippen LogP contribution in [0.1, 0.15) is 38.5 Å². The molecule has 2 amide bonds. The lowest BCUT2D eigenvalue weighted by Gasteiger charge is -2.33. The van der Waals surface area contributed by atoms with E-state index in [4.69, 9.17) is 10.8 Å². The summed E-state index contributed by atoms with van der Waals surface area (Å²) in [5.74, 6) is -6.73. The first-order valence-corrected chi connectivity index (χ1v) is 9.85. The number of carbonyl (C=O) groups excluding carboxylic acids is 5. The summed E-state index contributed by atoms with van der Waals surface area (Å²) in [6, 6.07) is -0.742. The van der Waals surface area contributed by atoms with Gasteiger partial charge in [0.25, 0.3) is 11.8 Å². The summed E-state index contributed by atoms with van der Waals surface area (Å²) >= 11 is 0. The van der Waals surface area contributed by atoms with Crippen LogP contribution < -0.4 is 5.73 Å². The topological polar surface area (TPSA) is 220 Å². The summed E-state index contributed by atoms with van der Waals surface area (Å²) in [7, 11) is 5.04. The highest BCUT2D eigenvalue weighted by atomic mass is 16.7. The van der Waals surface area contributed by atoms with Crippen LogP contribution in [0, 0.1) is 0 Å². The summed E-state index contributed by atoms with van der Waals surface area (Å²) in [6.07, 6.45) is -1.08. The fourth-order valence-electron chi connectivity index (χ4n) is 2.64. The monoisotopic (exact) mass is 491 g/mol. The Kier molecular flexibility index (Phi) is 12.4. The van der Waals surface area contributed by atoms with Crippen molar-refractivity contribution in [1.29, 1.82) is 0 Å². The Morgan fingerprint density at radius 3 is 1.94 bits per heavy atom. The molecule has 2 atom stereocenters. The first kappa shape index (κ1) is 30.4. The first-order chi connectivity index (χ1) is 15.7. The number of nitrogens with two attached hydrogens (primary N) is 1. The molecule has 4 N–H and O–H groups in total. The molecule has 192 valence electrons. The molecule has 0 aromatic heterocycles. The van der Waals surface area contributed by atoms with Crippen molar-refractivity contribution < 1.29 is 58.1 Å². The van der Waals surface area contributed by atoms with Crippen molar-refractivity contribution in [2.45, 2.75) is 50.1 Å². The van der Waals surface area contributed by atoms with E-state index in [1.54, 1.807) is 0 Å². The maximum Gasteiger partial charge on any atom is 0.364 e. The number of hydrogen-bond donors (Lipinski definition) is 3. The van der Waals surface area contributed by atoms with Crippen molar-refractivity contribution in [1.82, 2.24) is 9.96 Å². The maximum atomic E-state index is 12.2. The van der Waals surface area contributed by atoms with Gasteiger partial charge in [0.05, 0.1) is 14.2 Å². The summed E-state index contributed by atoms with van der Waals surface area (Å²) in [5.41, 5.74) is 3.03. The Labute approximate surface area is 194 Å². The lowest BCUT2D eigenvalue weighted by molar-refractivity contribution is -0.208. The number of carboxylic acid groups (broad SMARTS) is 2. The number of carboxylic acids is 2. The van der Waals surface area contributed by atoms with Gasteiger partial charge in [-0.25, -0.2) is 9.59 Å². The number of rotatable bonds is 11. The number of nitrogens with zero attached hydrogens (tertiary/aromatic N) is 2. The average Bonchev–Trinajstić information content (AvgIpc) is 3.08. The Morgan fingerprint density at radius 2 is 1.56 bits per heavy atom. The highest BCUT2D eigenvalue weighted by molar-refractivity contribution is 6.07. The van der Waals surface area contributed by atoms with Crippen LogP contribution in [0.15, 0.2) is 0 Å². The zero-order valence-corrected chi connectivity index (χ0v) is 19.3. The summed E-state index contributed by atoms with van der Waals surface area (Å²) < 4.78 is 8.73. The number of aliphatic carboxylic acids is 2. The number of carbonyl (C=O) groups is 7. The molecule has 0 bridgehead atoms. The van der Waals surface area contributed by atoms with Crippen LogP contribution in [-0.2, 0) is 47.9 Å². The van der Waals surface area contributed by atoms with Crippen molar-refractivity contribution in [3.63, 3.8) is 0 Å². The lowest BCUT2D eigenvalue weighted by atomic mass is 9.92. The minimum atomic E-state index is -2.32. The molecule has 0 aromatic rings. The van der Waals surface area contributed by atoms with E-state index < -0.39 is 60.1 Å². The molecule has 1 heterocycles. The summed E-state index contributed by atoms with van der Waals surface area (Å²) in [5, 5.41) is 18.3. The van der Waals surface area contributed by atoms with Crippen LogP contribution in [0.5, 0.6) is 0 Å². The van der Waals surface area contributed by atoms with Gasteiger partial charge in [-0.05, 0) is 26.9 Å². The van der Waals surface area contributed by atoms with Crippen molar-refractivity contribution in [3.05, 3.63) is 0 Å². The molecule has 0 radical (unpaired) electrons. The van der Waals surface area contributed by atoms with E-state index in [-0.39, 0.29) is 36.7 Å². The second kappa shape index (κ2) is 13.8. The third-order valence-electron chi connectivity index (χ3n) is 4.73. The van der Waals surface area contributed by atoms with E-state index in [9.17, 15) is 38.7 Å². The van der Waals surface area contributed by atoms with Gasteiger partial charge in [0.2, 0.25) is 5.54 Å². The van der Waals surface area contributed by atoms with Crippen LogP contribution in [0.25, 0.3) is 0 Å². The maximum absolute atomic E-state index is 12.2. The van der Waals surface area contributed by atoms with Gasteiger partial charge in [0, 0.05) is 25.7 Å². The number of methoxy groups -OCH3 is 2. The summed E-state index contributed by atoms with van der Waals surface area (Å²) in [4.78, 5) is 84.2. The summed E-state index contributed by atoms with van der Waals surface area (Å²) in [6.45, 7) is 0. The van der Waals surface area contributed by atoms with E-state index >= 15 is 0 Å². The molecule has 0 unspecified atom stereocenters. The number of likely N-dealkylation sites (N-methyl/N-ethyl adjacent to an activating group) is 1. The molecular formula is C19H29N3O12. The molecule has 34 heavy (non-hydrogen) atoms. The largest absolute Gasteiger partial charge is 0.481 e. The van der Waals surface area contributed by atoms with Crippen molar-refractivity contribution in [2.24, 2.45) is 5.73 Å². The number of imide groups is 1. The average molecular weight is 491 g/mol. The molecule has 1 rings (SSSR count). The molecule has 15 nitrogen and oxygen atoms in total. The Bertz CT molecular complexity index is 796. The fourth-order valence-corrected chi connectivity index (χ4v) is 2.64. The first-order valence-electron chi connectivity index (χ1n) is 9.85. The Morgan fingerprint density at radius 1 is 1.03 bits per heavy atom. The molecule has 15 heteroatoms. The second-order valence-electron chi connectivity index (χ2n) is 7.16. The van der Waals surface area contributed by atoms with Gasteiger partial charge in [-0.3, -0.25) is 28.9 Å². The normalized spacial score (nSPS) is 15.5. The minimum Gasteiger partial charge on any atom is -0.481 e. The third-order valence-corrected chi connectivity index (χ3v) is 4.73. The molecule has 1 fully saturated rings. The molecule has 1 saturated heterocycles. The lowest BCUT2D eigenvalue weighted by Crippen LogP contribution is -2.59. The van der Waals surface area contributed by atoms with E-state index in [0.29, 0.717) is 0 Å². The molecule has 0 aliphatic carbocycles. The molecule has 0 spiro atoms. The van der Waals surface area contributed by atoms with Crippen molar-refractivity contribution in [2.75, 3.05) is 28.3 Å². The van der Waals surface area contributed by atoms with Gasteiger partial charge >= 0.3 is 29.8 Å². The number of hydrogen-bond acceptors (Lipinski definition) is 12. The number of ether oxygens (including phenoxy) is 2. The van der Waals surface area contributed by atoms with Gasteiger partial charge in [-0.2, -0.15) is 0 Å². The van der Waals surface area contributed by atoms with Gasteiger partial charge in [0.15, 0.2) is 0 Å². The fraction of sp³-hybridized carbons (Fsp3) is 0.632. The SMILES string of the molecule is CN(C)[C@@](CCC(=O)O)(C(=O)O)C(=O)ON1C(=O)CCC1=O.COC(=O)CC[C@H](N)C(=O)OC. The third kappa shape index (κ3) is 8.40. The van der Waals surface area contributed by atoms with Gasteiger partial charge < -0.3 is 30.3 Å². The highest BCUT2D eigenvalue weighted by Gasteiger charge is 2.52. The van der Waals surface area contributed by atoms with Crippen LogP contribution in [-0.4, -0.2) is 102 Å². The quantitative estimate of drug-likeness (QED) is 0.166. The minimum absolute atomic E-state index is 0.132. The van der Waals surface area contributed by atoms with Crippen LogP contribution in [0.2, 0.25) is 0 Å². The van der Waals surface area contributed by atoms with Gasteiger partial charge in [-0.1, -0.05) is 0 Å². The zero-order valence-electron chi connectivity index (χ0n) is 19.3. The van der Waals surface area contributed by atoms with E-state index in [1.807, 2.05) is 0 Å². The predicted octanol–water partition coefficient (Wildman–Crippen LogP) is -1.72. The molecule has 1 aliphatic heterocycles. The van der Waals surface area contributed by atoms with Crippen molar-refractivity contribution >= 4 is 41.7 Å². The molecular weight excluding hydrogens is 462 g/mol. The standard InChI is InChI=1S/C12H16N2O8.C7H13NO4/c1-13(2)12(10(19)20,6-5-9(17)18)11(21)22-14-7(15)3-4-8(14)16;1-11-6(9)4-3-5(8)7(10)12-2/h3-6H2,1-2H3,(H,17,18)(H,19,20);5H,3-4,8H2,1-2H3/t12-;5-/m00/s1. The molecule has 0 saturated carbocycles. The zero-order chi connectivity index (χ0) is 26.6. The van der Waals surface area contributed by atoms with Crippen LogP contribution >= 0.6 is 0 Å².